The topological polar surface area (TPSA) is 91.2 Å². The van der Waals surface area contributed by atoms with Crippen molar-refractivity contribution in [2.24, 2.45) is 0 Å². The van der Waals surface area contributed by atoms with E-state index in [4.69, 9.17) is 9.47 Å². The van der Waals surface area contributed by atoms with Crippen molar-refractivity contribution in [3.05, 3.63) is 53.9 Å². The number of carbonyl (C=O) groups excluding carboxylic acids is 1. The molecule has 1 amide bonds. The smallest absolute Gasteiger partial charge is 0.255 e. The van der Waals surface area contributed by atoms with Crippen molar-refractivity contribution in [1.29, 1.82) is 0 Å². The van der Waals surface area contributed by atoms with Crippen LogP contribution in [0, 0.1) is 6.92 Å². The Bertz CT molecular complexity index is 941. The van der Waals surface area contributed by atoms with Gasteiger partial charge in [0.15, 0.2) is 11.5 Å². The van der Waals surface area contributed by atoms with Crippen molar-refractivity contribution >= 4 is 11.6 Å². The maximum absolute atomic E-state index is 12.8. The van der Waals surface area contributed by atoms with E-state index in [9.17, 15) is 4.79 Å². The molecule has 0 spiro atoms. The van der Waals surface area contributed by atoms with Crippen LogP contribution < -0.4 is 14.8 Å². The number of anilines is 1. The molecular formula is C20H23N5O3. The summed E-state index contributed by atoms with van der Waals surface area (Å²) in [6, 6.07) is 10.7. The summed E-state index contributed by atoms with van der Waals surface area (Å²) in [7, 11) is 0. The van der Waals surface area contributed by atoms with Crippen LogP contribution in [-0.4, -0.2) is 39.3 Å². The zero-order valence-corrected chi connectivity index (χ0v) is 16.2. The van der Waals surface area contributed by atoms with Gasteiger partial charge in [-0.05, 0) is 66.6 Å². The Labute approximate surface area is 163 Å². The maximum Gasteiger partial charge on any atom is 0.255 e. The lowest BCUT2D eigenvalue weighted by Crippen LogP contribution is -2.14. The van der Waals surface area contributed by atoms with Gasteiger partial charge in [0.2, 0.25) is 0 Å². The minimum Gasteiger partial charge on any atom is -0.490 e. The van der Waals surface area contributed by atoms with Gasteiger partial charge in [-0.1, -0.05) is 13.0 Å². The van der Waals surface area contributed by atoms with Crippen LogP contribution in [0.5, 0.6) is 11.5 Å². The summed E-state index contributed by atoms with van der Waals surface area (Å²) in [5, 5.41) is 14.2. The van der Waals surface area contributed by atoms with Crippen LogP contribution in [0.1, 0.15) is 36.2 Å². The second-order valence-corrected chi connectivity index (χ2v) is 6.10. The Balaban J connectivity index is 1.83. The van der Waals surface area contributed by atoms with E-state index < -0.39 is 0 Å². The quantitative estimate of drug-likeness (QED) is 0.643. The van der Waals surface area contributed by atoms with Crippen LogP contribution in [0.3, 0.4) is 0 Å². The number of amides is 1. The number of aromatic nitrogens is 4. The van der Waals surface area contributed by atoms with Crippen molar-refractivity contribution in [2.45, 2.75) is 27.2 Å². The lowest BCUT2D eigenvalue weighted by atomic mass is 10.1. The van der Waals surface area contributed by atoms with Gasteiger partial charge in [-0.3, -0.25) is 4.79 Å². The summed E-state index contributed by atoms with van der Waals surface area (Å²) >= 11 is 0. The molecule has 0 aliphatic rings. The third kappa shape index (κ3) is 4.28. The van der Waals surface area contributed by atoms with Gasteiger partial charge in [0.05, 0.1) is 18.9 Å². The number of rotatable bonds is 8. The Morgan fingerprint density at radius 1 is 1.14 bits per heavy atom. The van der Waals surface area contributed by atoms with Crippen LogP contribution in [0.25, 0.3) is 5.69 Å². The first-order valence-electron chi connectivity index (χ1n) is 9.18. The molecule has 146 valence electrons. The molecule has 2 aromatic carbocycles. The summed E-state index contributed by atoms with van der Waals surface area (Å²) in [5.41, 5.74) is 2.82. The molecule has 3 rings (SSSR count). The summed E-state index contributed by atoms with van der Waals surface area (Å²) in [6.07, 6.45) is 2.40. The highest BCUT2D eigenvalue weighted by Gasteiger charge is 2.14. The Morgan fingerprint density at radius 2 is 2.00 bits per heavy atom. The Morgan fingerprint density at radius 3 is 2.71 bits per heavy atom. The first kappa shape index (κ1) is 19.3. The number of nitrogens with one attached hydrogen (secondary N) is 1. The molecule has 1 aromatic heterocycles. The minimum atomic E-state index is -0.236. The number of hydrogen-bond acceptors (Lipinski definition) is 6. The molecule has 0 saturated heterocycles. The zero-order chi connectivity index (χ0) is 19.9. The van der Waals surface area contributed by atoms with E-state index >= 15 is 0 Å². The van der Waals surface area contributed by atoms with Gasteiger partial charge in [-0.25, -0.2) is 4.68 Å². The van der Waals surface area contributed by atoms with Crippen LogP contribution in [0.4, 0.5) is 5.69 Å². The molecule has 0 fully saturated rings. The molecule has 0 saturated carbocycles. The van der Waals surface area contributed by atoms with Crippen molar-refractivity contribution in [2.75, 3.05) is 18.5 Å². The van der Waals surface area contributed by atoms with Crippen LogP contribution >= 0.6 is 0 Å². The van der Waals surface area contributed by atoms with E-state index in [1.807, 2.05) is 39.0 Å². The zero-order valence-electron chi connectivity index (χ0n) is 16.2. The van der Waals surface area contributed by atoms with Crippen molar-refractivity contribution in [1.82, 2.24) is 20.2 Å². The van der Waals surface area contributed by atoms with Crippen molar-refractivity contribution in [3.8, 4) is 17.2 Å². The lowest BCUT2D eigenvalue weighted by molar-refractivity contribution is 0.102. The normalized spacial score (nSPS) is 10.5. The van der Waals surface area contributed by atoms with E-state index in [0.29, 0.717) is 36.0 Å². The fraction of sp³-hybridized carbons (Fsp3) is 0.300. The molecule has 28 heavy (non-hydrogen) atoms. The molecular weight excluding hydrogens is 358 g/mol. The average Bonchev–Trinajstić information content (AvgIpc) is 3.23. The number of hydrogen-bond donors (Lipinski definition) is 1. The molecule has 8 nitrogen and oxygen atoms in total. The molecule has 0 unspecified atom stereocenters. The van der Waals surface area contributed by atoms with E-state index in [1.54, 1.807) is 22.9 Å². The van der Waals surface area contributed by atoms with Gasteiger partial charge >= 0.3 is 0 Å². The van der Waals surface area contributed by atoms with Gasteiger partial charge in [0.1, 0.15) is 6.33 Å². The fourth-order valence-electron chi connectivity index (χ4n) is 2.72. The summed E-state index contributed by atoms with van der Waals surface area (Å²) < 4.78 is 12.9. The molecule has 0 bridgehead atoms. The molecule has 1 heterocycles. The molecule has 0 aliphatic carbocycles. The fourth-order valence-corrected chi connectivity index (χ4v) is 2.72. The molecule has 8 heteroatoms. The largest absolute Gasteiger partial charge is 0.490 e. The van der Waals surface area contributed by atoms with E-state index in [-0.39, 0.29) is 5.91 Å². The highest BCUT2D eigenvalue weighted by atomic mass is 16.5. The average molecular weight is 381 g/mol. The van der Waals surface area contributed by atoms with Crippen LogP contribution in [0.2, 0.25) is 0 Å². The molecule has 3 aromatic rings. The third-order valence-electron chi connectivity index (χ3n) is 4.12. The van der Waals surface area contributed by atoms with Gasteiger partial charge < -0.3 is 14.8 Å². The molecule has 0 aliphatic heterocycles. The van der Waals surface area contributed by atoms with Gasteiger partial charge in [-0.2, -0.15) is 0 Å². The number of benzene rings is 2. The Hall–Kier alpha value is -3.42. The number of nitrogens with zero attached hydrogens (tertiary/aromatic N) is 4. The highest BCUT2D eigenvalue weighted by molar-refractivity contribution is 6.05. The molecule has 0 radical (unpaired) electrons. The van der Waals surface area contributed by atoms with Crippen molar-refractivity contribution < 1.29 is 14.3 Å². The SMILES string of the molecule is CCCOc1ccc(C(=O)Nc2cccc(-n3cnnn3)c2C)cc1OCC. The van der Waals surface area contributed by atoms with Crippen molar-refractivity contribution in [3.63, 3.8) is 0 Å². The predicted molar refractivity (Wildman–Crippen MR) is 105 cm³/mol. The standard InChI is InChI=1S/C20H23N5O3/c1-4-11-28-18-10-9-15(12-19(18)27-5-2)20(26)22-16-7-6-8-17(14(16)3)25-13-21-23-24-25/h6-10,12-13H,4-5,11H2,1-3H3,(H,22,26). The maximum atomic E-state index is 12.8. The van der Waals surface area contributed by atoms with Gasteiger partial charge in [0, 0.05) is 11.3 Å². The second-order valence-electron chi connectivity index (χ2n) is 6.10. The first-order chi connectivity index (χ1) is 13.6. The minimum absolute atomic E-state index is 0.236. The number of ether oxygens (including phenoxy) is 2. The van der Waals surface area contributed by atoms with Crippen LogP contribution in [-0.2, 0) is 0 Å². The van der Waals surface area contributed by atoms with Crippen LogP contribution in [0.15, 0.2) is 42.7 Å². The summed E-state index contributed by atoms with van der Waals surface area (Å²) in [5.74, 6) is 0.958. The predicted octanol–water partition coefficient (Wildman–Crippen LogP) is 3.41. The molecule has 1 N–H and O–H groups in total. The highest BCUT2D eigenvalue weighted by Crippen LogP contribution is 2.29. The lowest BCUT2D eigenvalue weighted by Gasteiger charge is -2.14. The Kier molecular flexibility index (Phi) is 6.21. The summed E-state index contributed by atoms with van der Waals surface area (Å²) in [6.45, 7) is 6.91. The summed E-state index contributed by atoms with van der Waals surface area (Å²) in [4.78, 5) is 12.8. The number of carbonyl (C=O) groups is 1. The van der Waals surface area contributed by atoms with E-state index in [0.717, 1.165) is 17.7 Å². The van der Waals surface area contributed by atoms with E-state index in [1.165, 1.54) is 6.33 Å². The monoisotopic (exact) mass is 381 g/mol. The van der Waals surface area contributed by atoms with Gasteiger partial charge in [0.25, 0.3) is 5.91 Å². The number of tetrazole rings is 1. The first-order valence-corrected chi connectivity index (χ1v) is 9.18. The van der Waals surface area contributed by atoms with E-state index in [2.05, 4.69) is 20.8 Å². The van der Waals surface area contributed by atoms with Gasteiger partial charge in [-0.15, -0.1) is 5.10 Å². The third-order valence-corrected chi connectivity index (χ3v) is 4.12. The molecule has 0 atom stereocenters. The second kappa shape index (κ2) is 8.98.